The lowest BCUT2D eigenvalue weighted by molar-refractivity contribution is 0.0215. The van der Waals surface area contributed by atoms with Crippen LogP contribution in [0, 0.1) is 0 Å². The van der Waals surface area contributed by atoms with Crippen LogP contribution in [0.1, 0.15) is 45.4 Å². The zero-order chi connectivity index (χ0) is 11.4. The molecule has 1 aliphatic heterocycles. The van der Waals surface area contributed by atoms with Crippen LogP contribution in [0.4, 0.5) is 0 Å². The van der Waals surface area contributed by atoms with E-state index in [0.717, 1.165) is 26.1 Å². The molecule has 2 aliphatic rings. The highest BCUT2D eigenvalue weighted by atomic mass is 16.5. The third-order valence-electron chi connectivity index (χ3n) is 4.29. The zero-order valence-corrected chi connectivity index (χ0v) is 10.6. The summed E-state index contributed by atoms with van der Waals surface area (Å²) in [6.45, 7) is 6.15. The normalized spacial score (nSPS) is 32.2. The fraction of sp³-hybridized carbons (Fsp3) is 1.00. The Kier molecular flexibility index (Phi) is 4.22. The Labute approximate surface area is 99.3 Å². The Balaban J connectivity index is 2.05. The first-order valence-corrected chi connectivity index (χ1v) is 6.83. The molecule has 0 bridgehead atoms. The first kappa shape index (κ1) is 12.3. The molecule has 16 heavy (non-hydrogen) atoms. The van der Waals surface area contributed by atoms with E-state index in [1.54, 1.807) is 0 Å². The van der Waals surface area contributed by atoms with E-state index in [1.165, 1.54) is 38.6 Å². The Hall–Kier alpha value is -0.120. The molecule has 1 saturated heterocycles. The monoisotopic (exact) mass is 226 g/mol. The van der Waals surface area contributed by atoms with Crippen LogP contribution < -0.4 is 5.73 Å². The van der Waals surface area contributed by atoms with Crippen molar-refractivity contribution in [2.45, 2.75) is 57.1 Å². The summed E-state index contributed by atoms with van der Waals surface area (Å²) >= 11 is 0. The van der Waals surface area contributed by atoms with Crippen LogP contribution >= 0.6 is 0 Å². The summed E-state index contributed by atoms with van der Waals surface area (Å²) in [5, 5.41) is 0. The Bertz CT molecular complexity index is 214. The largest absolute Gasteiger partial charge is 0.377 e. The zero-order valence-electron chi connectivity index (χ0n) is 10.6. The molecule has 3 nitrogen and oxygen atoms in total. The topological polar surface area (TPSA) is 38.5 Å². The highest BCUT2D eigenvalue weighted by molar-refractivity contribution is 4.95. The number of hydrogen-bond acceptors (Lipinski definition) is 3. The Morgan fingerprint density at radius 1 is 1.25 bits per heavy atom. The number of nitrogens with two attached hydrogens (primary N) is 1. The minimum absolute atomic E-state index is 0.292. The number of ether oxygens (including phenoxy) is 1. The van der Waals surface area contributed by atoms with Crippen molar-refractivity contribution in [3.8, 4) is 0 Å². The van der Waals surface area contributed by atoms with Gasteiger partial charge in [0.1, 0.15) is 0 Å². The van der Waals surface area contributed by atoms with Crippen LogP contribution in [-0.2, 0) is 4.74 Å². The van der Waals surface area contributed by atoms with Gasteiger partial charge < -0.3 is 10.5 Å². The smallest absolute Gasteiger partial charge is 0.0674 e. The second-order valence-electron chi connectivity index (χ2n) is 5.47. The average molecular weight is 226 g/mol. The molecule has 94 valence electrons. The van der Waals surface area contributed by atoms with E-state index in [9.17, 15) is 0 Å². The van der Waals surface area contributed by atoms with Crippen molar-refractivity contribution in [3.05, 3.63) is 0 Å². The molecule has 1 heterocycles. The van der Waals surface area contributed by atoms with Crippen molar-refractivity contribution in [1.29, 1.82) is 0 Å². The van der Waals surface area contributed by atoms with Gasteiger partial charge in [0.15, 0.2) is 0 Å². The molecule has 1 aliphatic carbocycles. The number of hydrogen-bond donors (Lipinski definition) is 1. The molecule has 0 aromatic rings. The summed E-state index contributed by atoms with van der Waals surface area (Å²) in [7, 11) is 0. The van der Waals surface area contributed by atoms with Gasteiger partial charge >= 0.3 is 0 Å². The van der Waals surface area contributed by atoms with E-state index in [2.05, 4.69) is 11.8 Å². The Morgan fingerprint density at radius 2 is 2.00 bits per heavy atom. The molecule has 2 N–H and O–H groups in total. The molecule has 0 spiro atoms. The van der Waals surface area contributed by atoms with E-state index in [4.69, 9.17) is 10.5 Å². The number of rotatable bonds is 2. The van der Waals surface area contributed by atoms with Gasteiger partial charge in [-0.1, -0.05) is 19.3 Å². The molecule has 2 rings (SSSR count). The predicted molar refractivity (Wildman–Crippen MR) is 66.5 cm³/mol. The summed E-state index contributed by atoms with van der Waals surface area (Å²) < 4.78 is 5.73. The molecule has 0 aromatic carbocycles. The third-order valence-corrected chi connectivity index (χ3v) is 4.29. The molecular weight excluding hydrogens is 200 g/mol. The molecule has 0 radical (unpaired) electrons. The molecule has 1 atom stereocenters. The lowest BCUT2D eigenvalue weighted by Crippen LogP contribution is -2.56. The lowest BCUT2D eigenvalue weighted by Gasteiger charge is -2.46. The maximum absolute atomic E-state index is 6.08. The molecule has 3 heteroatoms. The lowest BCUT2D eigenvalue weighted by atomic mass is 9.80. The second kappa shape index (κ2) is 5.48. The third kappa shape index (κ3) is 2.58. The highest BCUT2D eigenvalue weighted by Gasteiger charge is 2.37. The first-order chi connectivity index (χ1) is 7.77. The molecule has 1 saturated carbocycles. The van der Waals surface area contributed by atoms with Gasteiger partial charge in [0.25, 0.3) is 0 Å². The van der Waals surface area contributed by atoms with Crippen LogP contribution in [0.3, 0.4) is 0 Å². The van der Waals surface area contributed by atoms with Gasteiger partial charge in [-0.3, -0.25) is 4.90 Å². The maximum atomic E-state index is 6.08. The van der Waals surface area contributed by atoms with Crippen LogP contribution in [0.15, 0.2) is 0 Å². The summed E-state index contributed by atoms with van der Waals surface area (Å²) in [5.41, 5.74) is 6.37. The second-order valence-corrected chi connectivity index (χ2v) is 5.47. The summed E-state index contributed by atoms with van der Waals surface area (Å²) in [4.78, 5) is 2.63. The average Bonchev–Trinajstić information content (AvgIpc) is 2.55. The molecule has 0 amide bonds. The van der Waals surface area contributed by atoms with E-state index < -0.39 is 0 Å². The van der Waals surface area contributed by atoms with Crippen molar-refractivity contribution >= 4 is 0 Å². The van der Waals surface area contributed by atoms with Crippen molar-refractivity contribution in [1.82, 2.24) is 4.90 Å². The first-order valence-electron chi connectivity index (χ1n) is 6.83. The SMILES string of the molecule is CC1CN(C2(CN)CCCCC2)CCCO1. The summed E-state index contributed by atoms with van der Waals surface area (Å²) in [5.74, 6) is 0. The highest BCUT2D eigenvalue weighted by Crippen LogP contribution is 2.33. The van der Waals surface area contributed by atoms with Crippen LogP contribution in [0.5, 0.6) is 0 Å². The van der Waals surface area contributed by atoms with E-state index in [-0.39, 0.29) is 0 Å². The summed E-state index contributed by atoms with van der Waals surface area (Å²) in [6, 6.07) is 0. The van der Waals surface area contributed by atoms with Crippen molar-refractivity contribution in [2.75, 3.05) is 26.2 Å². The molecule has 1 unspecified atom stereocenters. The molecule has 0 aromatic heterocycles. The van der Waals surface area contributed by atoms with Gasteiger partial charge in [0.05, 0.1) is 6.10 Å². The minimum Gasteiger partial charge on any atom is -0.377 e. The standard InChI is InChI=1S/C13H26N2O/c1-12-10-15(8-5-9-16-12)13(11-14)6-3-2-4-7-13/h12H,2-11,14H2,1H3. The number of nitrogens with zero attached hydrogens (tertiary/aromatic N) is 1. The van der Waals surface area contributed by atoms with E-state index >= 15 is 0 Å². The van der Waals surface area contributed by atoms with Gasteiger partial charge in [-0.05, 0) is 26.2 Å². The van der Waals surface area contributed by atoms with Gasteiger partial charge in [0.2, 0.25) is 0 Å². The van der Waals surface area contributed by atoms with E-state index in [1.807, 2.05) is 0 Å². The quantitative estimate of drug-likeness (QED) is 0.780. The molecular formula is C13H26N2O. The fourth-order valence-electron chi connectivity index (χ4n) is 3.28. The van der Waals surface area contributed by atoms with Gasteiger partial charge in [0, 0.05) is 31.8 Å². The van der Waals surface area contributed by atoms with Crippen molar-refractivity contribution in [3.63, 3.8) is 0 Å². The predicted octanol–water partition coefficient (Wildman–Crippen LogP) is 1.76. The van der Waals surface area contributed by atoms with Gasteiger partial charge in [-0.2, -0.15) is 0 Å². The maximum Gasteiger partial charge on any atom is 0.0674 e. The van der Waals surface area contributed by atoms with Gasteiger partial charge in [-0.25, -0.2) is 0 Å². The molecule has 2 fully saturated rings. The van der Waals surface area contributed by atoms with Crippen molar-refractivity contribution in [2.24, 2.45) is 5.73 Å². The van der Waals surface area contributed by atoms with E-state index in [0.29, 0.717) is 11.6 Å². The fourth-order valence-corrected chi connectivity index (χ4v) is 3.28. The van der Waals surface area contributed by atoms with Crippen molar-refractivity contribution < 1.29 is 4.74 Å². The summed E-state index contributed by atoms with van der Waals surface area (Å²) in [6.07, 6.45) is 8.19. The van der Waals surface area contributed by atoms with Crippen LogP contribution in [0.25, 0.3) is 0 Å². The Morgan fingerprint density at radius 3 is 2.69 bits per heavy atom. The van der Waals surface area contributed by atoms with Crippen LogP contribution in [0.2, 0.25) is 0 Å². The van der Waals surface area contributed by atoms with Gasteiger partial charge in [-0.15, -0.1) is 0 Å². The van der Waals surface area contributed by atoms with Crippen LogP contribution in [-0.4, -0.2) is 42.8 Å². The minimum atomic E-state index is 0.292.